The van der Waals surface area contributed by atoms with Crippen LogP contribution in [-0.4, -0.2) is 45.2 Å². The summed E-state index contributed by atoms with van der Waals surface area (Å²) in [7, 11) is -1.29. The summed E-state index contributed by atoms with van der Waals surface area (Å²) in [4.78, 5) is 39.4. The molecule has 5 unspecified atom stereocenters. The second-order valence-corrected chi connectivity index (χ2v) is 29.5. The zero-order chi connectivity index (χ0) is 43.4. The van der Waals surface area contributed by atoms with E-state index in [2.05, 4.69) is 73.1 Å². The summed E-state index contributed by atoms with van der Waals surface area (Å²) in [6.07, 6.45) is 13.3. The number of nitrogens with one attached hydrogen (secondary N) is 1. The molecule has 6 rings (SSSR count). The molecule has 5 aliphatic carbocycles. The van der Waals surface area contributed by atoms with Gasteiger partial charge in [0.1, 0.15) is 11.9 Å². The summed E-state index contributed by atoms with van der Waals surface area (Å²) in [6.45, 7) is 31.5. The molecule has 1 N–H and O–H groups in total. The van der Waals surface area contributed by atoms with Crippen molar-refractivity contribution in [1.82, 2.24) is 5.32 Å². The first kappa shape index (κ1) is 46.0. The first-order valence-corrected chi connectivity index (χ1v) is 27.1. The van der Waals surface area contributed by atoms with Crippen LogP contribution < -0.4 is 5.32 Å². The normalized spacial score (nSPS) is 36.3. The van der Waals surface area contributed by atoms with Gasteiger partial charge in [0.05, 0.1) is 25.9 Å². The van der Waals surface area contributed by atoms with Crippen LogP contribution in [0.3, 0.4) is 0 Å². The molecule has 5 saturated carbocycles. The number of amides is 1. The maximum Gasteiger partial charge on any atom is 0.306 e. The van der Waals surface area contributed by atoms with E-state index in [4.69, 9.17) is 9.47 Å². The van der Waals surface area contributed by atoms with E-state index in [1.807, 2.05) is 13.8 Å². The lowest BCUT2D eigenvalue weighted by atomic mass is 9.32. The van der Waals surface area contributed by atoms with Gasteiger partial charge >= 0.3 is 11.9 Å². The minimum Gasteiger partial charge on any atom is -0.466 e. The fourth-order valence-electron chi connectivity index (χ4n) is 14.8. The lowest BCUT2D eigenvalue weighted by Gasteiger charge is -2.73. The molecule has 1 aromatic rings. The molecule has 8 heteroatoms. The standard InChI is InChI=1S/C51H80FNO5Si/c1-34(2)37-19-24-51(27-28-53-42(54)31-35-13-15-36(52)16-14-35)26-25-49(8)38(45(37)51)17-18-40-48(7)22-21-41(47(5,6)39(48)20-23-50(40,49)9)58-44(56)33-46(3,4)32-43(55)57-29-30-59(10,11)12/h13-16,37-41,45H,1,17-33H2,2-12H3,(H,53,54)/t37?,38?,39?,40?,41-,45?,48-,49+,50+,51+/m0/s1. The SMILES string of the molecule is C=C(C)C1CC[C@]2(CCNC(=O)Cc3ccc(F)cc3)CC[C@]3(C)C(CCC4[C@@]5(C)CC[C@H](OC(=O)CC(C)(C)CC(=O)OCC[Si](C)(C)C)C(C)(C)C5CC[C@]43C)C12. The summed E-state index contributed by atoms with van der Waals surface area (Å²) >= 11 is 0. The van der Waals surface area contributed by atoms with E-state index in [-0.39, 0.29) is 76.1 Å². The van der Waals surface area contributed by atoms with Crippen molar-refractivity contribution in [3.63, 3.8) is 0 Å². The van der Waals surface area contributed by atoms with Crippen molar-refractivity contribution in [1.29, 1.82) is 0 Å². The van der Waals surface area contributed by atoms with Crippen LogP contribution in [0.2, 0.25) is 25.7 Å². The third kappa shape index (κ3) is 9.05. The first-order valence-electron chi connectivity index (χ1n) is 23.4. The van der Waals surface area contributed by atoms with Gasteiger partial charge in [-0.25, -0.2) is 4.39 Å². The minimum absolute atomic E-state index is 0.0130. The fourth-order valence-corrected chi connectivity index (χ4v) is 15.5. The Morgan fingerprint density at radius 2 is 1.53 bits per heavy atom. The molecule has 330 valence electrons. The van der Waals surface area contributed by atoms with Crippen molar-refractivity contribution in [3.05, 3.63) is 47.8 Å². The van der Waals surface area contributed by atoms with Gasteiger partial charge in [0.2, 0.25) is 5.91 Å². The van der Waals surface area contributed by atoms with Crippen molar-refractivity contribution >= 4 is 25.9 Å². The molecular formula is C51H80FNO5Si. The van der Waals surface area contributed by atoms with E-state index >= 15 is 0 Å². The predicted molar refractivity (Wildman–Crippen MR) is 239 cm³/mol. The summed E-state index contributed by atoms with van der Waals surface area (Å²) in [5.41, 5.74) is 2.31. The second-order valence-electron chi connectivity index (χ2n) is 23.8. The molecule has 6 nitrogen and oxygen atoms in total. The molecule has 1 aromatic carbocycles. The number of benzene rings is 1. The van der Waals surface area contributed by atoms with E-state index in [1.165, 1.54) is 62.7 Å². The highest BCUT2D eigenvalue weighted by atomic mass is 28.3. The van der Waals surface area contributed by atoms with E-state index < -0.39 is 13.5 Å². The van der Waals surface area contributed by atoms with E-state index in [0.717, 1.165) is 37.3 Å². The van der Waals surface area contributed by atoms with Crippen LogP contribution in [0.1, 0.15) is 144 Å². The number of ether oxygens (including phenoxy) is 2. The number of halogens is 1. The van der Waals surface area contributed by atoms with Gasteiger partial charge in [-0.2, -0.15) is 0 Å². The number of hydrogen-bond acceptors (Lipinski definition) is 5. The average Bonchev–Trinajstić information content (AvgIpc) is 3.50. The smallest absolute Gasteiger partial charge is 0.306 e. The van der Waals surface area contributed by atoms with Crippen LogP contribution in [0.15, 0.2) is 36.4 Å². The van der Waals surface area contributed by atoms with Gasteiger partial charge in [-0.3, -0.25) is 14.4 Å². The molecule has 0 aliphatic heterocycles. The molecule has 0 spiro atoms. The topological polar surface area (TPSA) is 81.7 Å². The Morgan fingerprint density at radius 1 is 0.847 bits per heavy atom. The minimum atomic E-state index is -1.29. The third-order valence-corrected chi connectivity index (χ3v) is 19.7. The van der Waals surface area contributed by atoms with Crippen molar-refractivity contribution in [2.75, 3.05) is 13.2 Å². The van der Waals surface area contributed by atoms with Gasteiger partial charge in [0, 0.05) is 20.0 Å². The molecule has 0 heterocycles. The van der Waals surface area contributed by atoms with Gasteiger partial charge < -0.3 is 14.8 Å². The summed E-state index contributed by atoms with van der Waals surface area (Å²) in [5.74, 6) is 2.13. The molecule has 5 fully saturated rings. The third-order valence-electron chi connectivity index (χ3n) is 18.0. The Kier molecular flexibility index (Phi) is 13.0. The number of fused-ring (bicyclic) bond motifs is 7. The number of hydrogen-bond donors (Lipinski definition) is 1. The molecule has 0 saturated heterocycles. The van der Waals surface area contributed by atoms with E-state index in [9.17, 15) is 18.8 Å². The number of rotatable bonds is 14. The number of allylic oxidation sites excluding steroid dienone is 1. The Morgan fingerprint density at radius 3 is 2.19 bits per heavy atom. The maximum absolute atomic E-state index is 13.6. The van der Waals surface area contributed by atoms with Gasteiger partial charge in [0.25, 0.3) is 0 Å². The monoisotopic (exact) mass is 834 g/mol. The average molecular weight is 834 g/mol. The Balaban J connectivity index is 1.12. The fraction of sp³-hybridized carbons (Fsp3) is 0.784. The van der Waals surface area contributed by atoms with Crippen LogP contribution >= 0.6 is 0 Å². The molecular weight excluding hydrogens is 754 g/mol. The zero-order valence-corrected chi connectivity index (χ0v) is 39.9. The lowest BCUT2D eigenvalue weighted by Crippen LogP contribution is -2.66. The molecule has 5 aliphatic rings. The molecule has 10 atom stereocenters. The van der Waals surface area contributed by atoms with Gasteiger partial charge in [-0.05, 0) is 158 Å². The Bertz CT molecular complexity index is 1730. The van der Waals surface area contributed by atoms with Crippen LogP contribution in [0, 0.1) is 67.9 Å². The van der Waals surface area contributed by atoms with Crippen LogP contribution in [0.4, 0.5) is 4.39 Å². The zero-order valence-electron chi connectivity index (χ0n) is 38.9. The van der Waals surface area contributed by atoms with Crippen LogP contribution in [0.5, 0.6) is 0 Å². The molecule has 1 amide bonds. The molecule has 0 radical (unpaired) electrons. The van der Waals surface area contributed by atoms with E-state index in [1.54, 1.807) is 12.1 Å². The Labute approximate surface area is 358 Å². The van der Waals surface area contributed by atoms with Gasteiger partial charge in [-0.15, -0.1) is 0 Å². The summed E-state index contributed by atoms with van der Waals surface area (Å²) in [5, 5.41) is 3.26. The highest BCUT2D eigenvalue weighted by Gasteiger charge is 2.71. The van der Waals surface area contributed by atoms with Crippen molar-refractivity contribution in [2.24, 2.45) is 62.1 Å². The van der Waals surface area contributed by atoms with Gasteiger partial charge in [-0.1, -0.05) is 92.4 Å². The molecule has 0 aromatic heterocycles. The lowest BCUT2D eigenvalue weighted by molar-refractivity contribution is -0.250. The van der Waals surface area contributed by atoms with Crippen LogP contribution in [0.25, 0.3) is 0 Å². The highest BCUT2D eigenvalue weighted by molar-refractivity contribution is 6.76. The Hall–Kier alpha value is -2.48. The number of esters is 2. The maximum atomic E-state index is 13.6. The van der Waals surface area contributed by atoms with Crippen LogP contribution in [-0.2, 0) is 30.3 Å². The van der Waals surface area contributed by atoms with E-state index in [0.29, 0.717) is 42.7 Å². The van der Waals surface area contributed by atoms with Crippen molar-refractivity contribution < 1.29 is 28.2 Å². The van der Waals surface area contributed by atoms with Crippen molar-refractivity contribution in [2.45, 2.75) is 177 Å². The summed E-state index contributed by atoms with van der Waals surface area (Å²) < 4.78 is 25.5. The van der Waals surface area contributed by atoms with Gasteiger partial charge in [0.15, 0.2) is 0 Å². The first-order chi connectivity index (χ1) is 27.4. The highest BCUT2D eigenvalue weighted by Crippen LogP contribution is 2.78. The summed E-state index contributed by atoms with van der Waals surface area (Å²) in [6, 6.07) is 7.20. The number of carbonyl (C=O) groups excluding carboxylic acids is 3. The quantitative estimate of drug-likeness (QED) is 0.115. The largest absolute Gasteiger partial charge is 0.466 e. The predicted octanol–water partition coefficient (Wildman–Crippen LogP) is 12.1. The second kappa shape index (κ2) is 16.7. The van der Waals surface area contributed by atoms with Crippen molar-refractivity contribution in [3.8, 4) is 0 Å². The molecule has 59 heavy (non-hydrogen) atoms. The molecule has 0 bridgehead atoms. The number of carbonyl (C=O) groups is 3.